The van der Waals surface area contributed by atoms with Gasteiger partial charge in [0.1, 0.15) is 11.9 Å². The van der Waals surface area contributed by atoms with Crippen LogP contribution in [0.5, 0.6) is 0 Å². The molecule has 0 saturated heterocycles. The van der Waals surface area contributed by atoms with Crippen LogP contribution >= 0.6 is 11.6 Å². The molecule has 2 aromatic carbocycles. The van der Waals surface area contributed by atoms with Gasteiger partial charge in [0.15, 0.2) is 0 Å². The van der Waals surface area contributed by atoms with Crippen LogP contribution in [0, 0.1) is 28.5 Å². The predicted molar refractivity (Wildman–Crippen MR) is 70.6 cm³/mol. The Morgan fingerprint density at radius 2 is 1.84 bits per heavy atom. The Bertz CT molecular complexity index is 714. The highest BCUT2D eigenvalue weighted by Gasteiger charge is 2.06. The Kier molecular flexibility index (Phi) is 3.66. The van der Waals surface area contributed by atoms with Gasteiger partial charge in [-0.2, -0.15) is 10.5 Å². The minimum atomic E-state index is -0.611. The summed E-state index contributed by atoms with van der Waals surface area (Å²) in [5.41, 5.74) is 1.38. The van der Waals surface area contributed by atoms with E-state index in [1.165, 1.54) is 12.1 Å². The van der Waals surface area contributed by atoms with Gasteiger partial charge in [0, 0.05) is 5.69 Å². The number of nitriles is 2. The van der Waals surface area contributed by atoms with E-state index in [1.807, 2.05) is 6.07 Å². The van der Waals surface area contributed by atoms with Crippen molar-refractivity contribution in [2.45, 2.75) is 0 Å². The van der Waals surface area contributed by atoms with Gasteiger partial charge >= 0.3 is 0 Å². The number of benzene rings is 2. The maximum absolute atomic E-state index is 13.5. The van der Waals surface area contributed by atoms with Crippen molar-refractivity contribution in [1.29, 1.82) is 10.5 Å². The molecule has 0 aliphatic carbocycles. The summed E-state index contributed by atoms with van der Waals surface area (Å²) in [6, 6.07) is 12.6. The minimum Gasteiger partial charge on any atom is -0.354 e. The molecule has 1 N–H and O–H groups in total. The first-order valence-corrected chi connectivity index (χ1v) is 5.68. The molecule has 0 aliphatic heterocycles. The second-order valence-electron chi connectivity index (χ2n) is 3.74. The van der Waals surface area contributed by atoms with Gasteiger partial charge in [0.2, 0.25) is 0 Å². The third kappa shape index (κ3) is 2.82. The van der Waals surface area contributed by atoms with Gasteiger partial charge < -0.3 is 5.32 Å². The lowest BCUT2D eigenvalue weighted by molar-refractivity contribution is 0.624. The SMILES string of the molecule is N#Cc1ccc(Cl)c(Nc2ccc(C#N)c(F)c2)c1. The third-order valence-electron chi connectivity index (χ3n) is 2.46. The van der Waals surface area contributed by atoms with Gasteiger partial charge in [-0.25, -0.2) is 4.39 Å². The highest BCUT2D eigenvalue weighted by Crippen LogP contribution is 2.27. The van der Waals surface area contributed by atoms with Gasteiger partial charge in [0.25, 0.3) is 0 Å². The molecule has 0 aliphatic rings. The van der Waals surface area contributed by atoms with Crippen molar-refractivity contribution >= 4 is 23.0 Å². The second-order valence-corrected chi connectivity index (χ2v) is 4.15. The van der Waals surface area contributed by atoms with E-state index in [-0.39, 0.29) is 5.56 Å². The number of anilines is 2. The number of halogens is 2. The average Bonchev–Trinajstić information content (AvgIpc) is 2.41. The molecular weight excluding hydrogens is 265 g/mol. The second kappa shape index (κ2) is 5.39. The molecule has 0 heterocycles. The molecular formula is C14H7ClFN3. The summed E-state index contributed by atoms with van der Waals surface area (Å²) in [4.78, 5) is 0. The predicted octanol–water partition coefficient (Wildman–Crippen LogP) is 3.97. The van der Waals surface area contributed by atoms with Crippen molar-refractivity contribution in [2.75, 3.05) is 5.32 Å². The summed E-state index contributed by atoms with van der Waals surface area (Å²) in [7, 11) is 0. The van der Waals surface area contributed by atoms with Crippen LogP contribution in [0.15, 0.2) is 36.4 Å². The standard InChI is InChI=1S/C14H7ClFN3/c15-12-4-1-9(7-17)5-14(12)19-11-3-2-10(8-18)13(16)6-11/h1-6,19H. The van der Waals surface area contributed by atoms with Crippen molar-refractivity contribution in [2.24, 2.45) is 0 Å². The van der Waals surface area contributed by atoms with Crippen molar-refractivity contribution < 1.29 is 4.39 Å². The van der Waals surface area contributed by atoms with Crippen LogP contribution in [-0.2, 0) is 0 Å². The molecule has 0 spiro atoms. The summed E-state index contributed by atoms with van der Waals surface area (Å²) in [5.74, 6) is -0.611. The van der Waals surface area contributed by atoms with Crippen molar-refractivity contribution in [3.63, 3.8) is 0 Å². The first kappa shape index (κ1) is 12.9. The van der Waals surface area contributed by atoms with E-state index in [2.05, 4.69) is 5.32 Å². The van der Waals surface area contributed by atoms with E-state index in [4.69, 9.17) is 22.1 Å². The smallest absolute Gasteiger partial charge is 0.143 e. The topological polar surface area (TPSA) is 59.6 Å². The Labute approximate surface area is 114 Å². The van der Waals surface area contributed by atoms with Gasteiger partial charge in [0.05, 0.1) is 27.9 Å². The summed E-state index contributed by atoms with van der Waals surface area (Å²) < 4.78 is 13.5. The monoisotopic (exact) mass is 271 g/mol. The van der Waals surface area contributed by atoms with Crippen LogP contribution in [0.4, 0.5) is 15.8 Å². The first-order valence-electron chi connectivity index (χ1n) is 5.30. The van der Waals surface area contributed by atoms with E-state index < -0.39 is 5.82 Å². The lowest BCUT2D eigenvalue weighted by Crippen LogP contribution is -1.94. The third-order valence-corrected chi connectivity index (χ3v) is 2.79. The lowest BCUT2D eigenvalue weighted by atomic mass is 10.2. The molecule has 2 aromatic rings. The summed E-state index contributed by atoms with van der Waals surface area (Å²) in [5, 5.41) is 20.8. The molecule has 19 heavy (non-hydrogen) atoms. The van der Waals surface area contributed by atoms with Gasteiger partial charge in [-0.3, -0.25) is 0 Å². The van der Waals surface area contributed by atoms with E-state index in [0.717, 1.165) is 0 Å². The summed E-state index contributed by atoms with van der Waals surface area (Å²) in [6.07, 6.45) is 0. The maximum atomic E-state index is 13.5. The number of nitrogens with one attached hydrogen (secondary N) is 1. The highest BCUT2D eigenvalue weighted by molar-refractivity contribution is 6.33. The molecule has 0 bridgehead atoms. The molecule has 0 radical (unpaired) electrons. The highest BCUT2D eigenvalue weighted by atomic mass is 35.5. The van der Waals surface area contributed by atoms with E-state index in [0.29, 0.717) is 22.0 Å². The van der Waals surface area contributed by atoms with E-state index in [1.54, 1.807) is 30.3 Å². The van der Waals surface area contributed by atoms with Gasteiger partial charge in [-0.15, -0.1) is 0 Å². The van der Waals surface area contributed by atoms with Crippen molar-refractivity contribution in [1.82, 2.24) is 0 Å². The fourth-order valence-electron chi connectivity index (χ4n) is 1.53. The first-order chi connectivity index (χ1) is 9.13. The van der Waals surface area contributed by atoms with Crippen LogP contribution in [-0.4, -0.2) is 0 Å². The van der Waals surface area contributed by atoms with E-state index >= 15 is 0 Å². The van der Waals surface area contributed by atoms with Crippen molar-refractivity contribution in [3.05, 3.63) is 58.4 Å². The summed E-state index contributed by atoms with van der Waals surface area (Å²) >= 11 is 5.98. The Hall–Kier alpha value is -2.56. The van der Waals surface area contributed by atoms with E-state index in [9.17, 15) is 4.39 Å². The van der Waals surface area contributed by atoms with Crippen LogP contribution < -0.4 is 5.32 Å². The zero-order valence-electron chi connectivity index (χ0n) is 9.61. The Morgan fingerprint density at radius 3 is 2.47 bits per heavy atom. The summed E-state index contributed by atoms with van der Waals surface area (Å²) in [6.45, 7) is 0. The van der Waals surface area contributed by atoms with Crippen molar-refractivity contribution in [3.8, 4) is 12.1 Å². The number of rotatable bonds is 2. The largest absolute Gasteiger partial charge is 0.354 e. The minimum absolute atomic E-state index is 0.0255. The number of hydrogen-bond donors (Lipinski definition) is 1. The van der Waals surface area contributed by atoms with Crippen LogP contribution in [0.1, 0.15) is 11.1 Å². The molecule has 5 heteroatoms. The average molecular weight is 272 g/mol. The zero-order valence-corrected chi connectivity index (χ0v) is 10.4. The molecule has 2 rings (SSSR count). The fourth-order valence-corrected chi connectivity index (χ4v) is 1.69. The number of hydrogen-bond acceptors (Lipinski definition) is 3. The maximum Gasteiger partial charge on any atom is 0.143 e. The molecule has 92 valence electrons. The number of nitrogens with zero attached hydrogens (tertiary/aromatic N) is 2. The molecule has 0 unspecified atom stereocenters. The van der Waals surface area contributed by atoms with Crippen LogP contribution in [0.3, 0.4) is 0 Å². The van der Waals surface area contributed by atoms with Gasteiger partial charge in [-0.1, -0.05) is 11.6 Å². The van der Waals surface area contributed by atoms with Gasteiger partial charge in [-0.05, 0) is 36.4 Å². The molecule has 0 atom stereocenters. The Morgan fingerprint density at radius 1 is 1.05 bits per heavy atom. The molecule has 0 saturated carbocycles. The quantitative estimate of drug-likeness (QED) is 0.899. The molecule has 0 fully saturated rings. The normalized spacial score (nSPS) is 9.47. The zero-order chi connectivity index (χ0) is 13.8. The molecule has 3 nitrogen and oxygen atoms in total. The molecule has 0 amide bonds. The Balaban J connectivity index is 2.34. The molecule has 0 aromatic heterocycles. The lowest BCUT2D eigenvalue weighted by Gasteiger charge is -2.09. The van der Waals surface area contributed by atoms with Crippen LogP contribution in [0.25, 0.3) is 0 Å². The fraction of sp³-hybridized carbons (Fsp3) is 0. The van der Waals surface area contributed by atoms with Crippen LogP contribution in [0.2, 0.25) is 5.02 Å².